The highest BCUT2D eigenvalue weighted by Crippen LogP contribution is 2.23. The molecular weight excluding hydrogens is 773 g/mol. The number of alkyl carbamates (subject to hydrolysis) is 1. The van der Waals surface area contributed by atoms with E-state index in [1.165, 1.54) is 11.0 Å². The molecule has 1 unspecified atom stereocenters. The van der Waals surface area contributed by atoms with Crippen LogP contribution in [0.1, 0.15) is 113 Å². The molecule has 5 amide bonds. The van der Waals surface area contributed by atoms with E-state index in [1.54, 1.807) is 31.2 Å². The van der Waals surface area contributed by atoms with Crippen LogP contribution in [0.5, 0.6) is 0 Å². The summed E-state index contributed by atoms with van der Waals surface area (Å²) in [6.07, 6.45) is 21.2. The zero-order valence-corrected chi connectivity index (χ0v) is 36.8. The molecule has 326 valence electrons. The fourth-order valence-corrected chi connectivity index (χ4v) is 6.64. The van der Waals surface area contributed by atoms with Gasteiger partial charge in [0.2, 0.25) is 23.6 Å². The van der Waals surface area contributed by atoms with E-state index in [0.717, 1.165) is 5.57 Å². The van der Waals surface area contributed by atoms with Crippen molar-refractivity contribution in [2.45, 2.75) is 136 Å². The fourth-order valence-electron chi connectivity index (χ4n) is 6.34. The quantitative estimate of drug-likeness (QED) is 0.0159. The Morgan fingerprint density at radius 2 is 1.68 bits per heavy atom. The lowest BCUT2D eigenvalue weighted by atomic mass is 9.83. The number of cyclic esters (lactones) is 1. The first-order valence-electron chi connectivity index (χ1n) is 20.7. The van der Waals surface area contributed by atoms with E-state index in [-0.39, 0.29) is 54.3 Å². The van der Waals surface area contributed by atoms with Gasteiger partial charge in [0.05, 0.1) is 11.3 Å². The van der Waals surface area contributed by atoms with Crippen molar-refractivity contribution in [1.29, 1.82) is 0 Å². The van der Waals surface area contributed by atoms with Crippen LogP contribution in [0.25, 0.3) is 0 Å². The molecule has 0 radical (unpaired) electrons. The number of carbonyl (C=O) groups is 7. The minimum Gasteiger partial charge on any atom is -0.458 e. The van der Waals surface area contributed by atoms with Crippen molar-refractivity contribution in [2.75, 3.05) is 19.6 Å². The molecule has 0 bridgehead atoms. The molecule has 1 saturated heterocycles. The van der Waals surface area contributed by atoms with E-state index in [1.807, 2.05) is 71.9 Å². The van der Waals surface area contributed by atoms with Crippen LogP contribution in [-0.2, 0) is 38.2 Å². The minimum absolute atomic E-state index is 0.0243. The van der Waals surface area contributed by atoms with Crippen molar-refractivity contribution in [3.8, 4) is 0 Å². The van der Waals surface area contributed by atoms with E-state index in [2.05, 4.69) is 28.6 Å². The molecule has 0 saturated carbocycles. The zero-order valence-electron chi connectivity index (χ0n) is 35.9. The molecule has 59 heavy (non-hydrogen) atoms. The Labute approximate surface area is 356 Å². The number of hydrogen-bond donors (Lipinski definition) is 4. The zero-order chi connectivity index (χ0) is 44.0. The lowest BCUT2D eigenvalue weighted by Crippen LogP contribution is -2.48. The maximum atomic E-state index is 13.3. The average Bonchev–Trinajstić information content (AvgIpc) is 3.41. The fraction of sp³-hybridized carbons (Fsp3) is 0.578. The monoisotopic (exact) mass is 838 g/mol. The van der Waals surface area contributed by atoms with Gasteiger partial charge in [-0.1, -0.05) is 94.4 Å². The molecule has 14 heteroatoms. The topological polar surface area (TPSA) is 177 Å². The number of amides is 5. The number of Topliss-reactive ketones (excluding diaryl/α,β-unsaturated/α-hetero) is 1. The number of ether oxygens (including phenoxy) is 2. The van der Waals surface area contributed by atoms with Crippen LogP contribution in [0.2, 0.25) is 0 Å². The van der Waals surface area contributed by atoms with Gasteiger partial charge in [-0.25, -0.2) is 9.59 Å². The second kappa shape index (κ2) is 26.4. The third-order valence-electron chi connectivity index (χ3n) is 9.79. The maximum absolute atomic E-state index is 13.3. The number of nitrogens with zero attached hydrogens (tertiary/aromatic N) is 1. The Morgan fingerprint density at radius 1 is 0.983 bits per heavy atom. The average molecular weight is 839 g/mol. The molecule has 5 atom stereocenters. The summed E-state index contributed by atoms with van der Waals surface area (Å²) in [6, 6.07) is -0.732. The number of allylic oxidation sites excluding steroid dienone is 6. The van der Waals surface area contributed by atoms with Crippen molar-refractivity contribution in [2.24, 2.45) is 11.3 Å². The number of rotatable bonds is 24. The van der Waals surface area contributed by atoms with Gasteiger partial charge in [0, 0.05) is 75.7 Å². The third kappa shape index (κ3) is 19.7. The first-order valence-corrected chi connectivity index (χ1v) is 21.2. The first kappa shape index (κ1) is 50.4. The number of carbonyl (C=O) groups excluding carboxylic acids is 7. The lowest BCUT2D eigenvalue weighted by Gasteiger charge is -2.29. The van der Waals surface area contributed by atoms with Crippen molar-refractivity contribution >= 4 is 54.1 Å². The summed E-state index contributed by atoms with van der Waals surface area (Å²) in [6.45, 7) is 14.3. The summed E-state index contributed by atoms with van der Waals surface area (Å²) < 4.78 is 11.1. The summed E-state index contributed by atoms with van der Waals surface area (Å²) in [5, 5.41) is 7.84. The molecule has 3 N–H and O–H groups in total. The van der Waals surface area contributed by atoms with Gasteiger partial charge in [-0.2, -0.15) is 12.6 Å². The Kier molecular flexibility index (Phi) is 22.6. The molecule has 0 aromatic rings. The highest BCUT2D eigenvalue weighted by Gasteiger charge is 2.35. The molecule has 0 aromatic carbocycles. The van der Waals surface area contributed by atoms with E-state index >= 15 is 0 Å². The molecule has 13 nitrogen and oxygen atoms in total. The van der Waals surface area contributed by atoms with Crippen LogP contribution >= 0.6 is 12.6 Å². The molecule has 2 aliphatic rings. The molecule has 1 fully saturated rings. The van der Waals surface area contributed by atoms with Crippen LogP contribution in [-0.4, -0.2) is 89.5 Å². The number of thiol groups is 1. The Balaban J connectivity index is 1.72. The number of ketones is 1. The first-order chi connectivity index (χ1) is 27.9. The van der Waals surface area contributed by atoms with Crippen molar-refractivity contribution in [3.05, 3.63) is 71.9 Å². The predicted octanol–water partition coefficient (Wildman–Crippen LogP) is 6.56. The summed E-state index contributed by atoms with van der Waals surface area (Å²) in [4.78, 5) is 87.6. The van der Waals surface area contributed by atoms with Crippen LogP contribution in [0.3, 0.4) is 0 Å². The smallest absolute Gasteiger partial charge is 0.407 e. The van der Waals surface area contributed by atoms with E-state index in [0.29, 0.717) is 76.6 Å². The van der Waals surface area contributed by atoms with Crippen molar-refractivity contribution in [1.82, 2.24) is 20.9 Å². The summed E-state index contributed by atoms with van der Waals surface area (Å²) in [5.74, 6) is -1.35. The molecule has 2 heterocycles. The van der Waals surface area contributed by atoms with Gasteiger partial charge < -0.3 is 25.4 Å². The van der Waals surface area contributed by atoms with Gasteiger partial charge in [-0.05, 0) is 45.4 Å². The second-order valence-electron chi connectivity index (χ2n) is 16.1. The second-order valence-corrected chi connectivity index (χ2v) is 16.7. The van der Waals surface area contributed by atoms with Crippen molar-refractivity contribution < 1.29 is 43.0 Å². The maximum Gasteiger partial charge on any atom is 0.407 e. The molecule has 0 aliphatic carbocycles. The van der Waals surface area contributed by atoms with Gasteiger partial charge in [0.1, 0.15) is 12.2 Å². The number of hydrogen-bond acceptors (Lipinski definition) is 10. The van der Waals surface area contributed by atoms with Gasteiger partial charge in [0.25, 0.3) is 0 Å². The van der Waals surface area contributed by atoms with Crippen molar-refractivity contribution in [3.63, 3.8) is 0 Å². The van der Waals surface area contributed by atoms with Crippen LogP contribution in [0.4, 0.5) is 4.79 Å². The number of likely N-dealkylation sites (tertiary alicyclic amines) is 1. The van der Waals surface area contributed by atoms with Crippen LogP contribution in [0, 0.1) is 11.3 Å². The molecule has 2 rings (SSSR count). The Bertz CT molecular complexity index is 1660. The summed E-state index contributed by atoms with van der Waals surface area (Å²) in [5.41, 5.74) is 1.05. The SMILES string of the molecule is C/C=C\C[C@@H](C/C=C\CC(=O)[C@@H](NC(=O)\C=C/C=C\C(C)=C\[C@H](C)[C@@H]1CC=C(C)C(=O)O1)C(C)(C)C)OC(=O)NCCCNC(=O)CCCCCN1C(=O)CC(S)C1=O. The lowest BCUT2D eigenvalue weighted by molar-refractivity contribution is -0.147. The molecular formula is C45H66N4O9S. The van der Waals surface area contributed by atoms with Gasteiger partial charge in [-0.15, -0.1) is 0 Å². The van der Waals surface area contributed by atoms with Gasteiger partial charge >= 0.3 is 12.1 Å². The number of unbranched alkanes of at least 4 members (excludes halogenated alkanes) is 2. The summed E-state index contributed by atoms with van der Waals surface area (Å²) in [7, 11) is 0. The normalized spacial score (nSPS) is 19.3. The number of imide groups is 1. The van der Waals surface area contributed by atoms with E-state index in [4.69, 9.17) is 9.47 Å². The highest BCUT2D eigenvalue weighted by atomic mass is 32.1. The van der Waals surface area contributed by atoms with Gasteiger partial charge in [0.15, 0.2) is 5.78 Å². The van der Waals surface area contributed by atoms with Crippen LogP contribution < -0.4 is 16.0 Å². The molecule has 0 spiro atoms. The van der Waals surface area contributed by atoms with Crippen LogP contribution in [0.15, 0.2) is 71.9 Å². The van der Waals surface area contributed by atoms with E-state index in [9.17, 15) is 33.6 Å². The predicted molar refractivity (Wildman–Crippen MR) is 232 cm³/mol. The Hall–Kier alpha value is -4.72. The molecule has 0 aromatic heterocycles. The van der Waals surface area contributed by atoms with E-state index < -0.39 is 34.8 Å². The summed E-state index contributed by atoms with van der Waals surface area (Å²) >= 11 is 4.12. The highest BCUT2D eigenvalue weighted by molar-refractivity contribution is 7.81. The number of nitrogens with one attached hydrogen (secondary N) is 3. The molecule has 2 aliphatic heterocycles. The third-order valence-corrected chi connectivity index (χ3v) is 10.2. The minimum atomic E-state index is -0.732. The largest absolute Gasteiger partial charge is 0.458 e. The number of esters is 1. The standard InChI is InChI=1S/C45H66N4O9S/c1-8-9-19-34(57-44(56)47-27-17-26-46-38(51)22-11-10-16-28-49-40(53)30-37(59)42(49)54)20-13-14-21-35(50)41(45(5,6)7)48-39(52)23-15-12-18-31(2)29-33(4)36-25-24-32(3)43(55)58-36/h8-9,12-15,18,23-24,29,33-34,36-37,41,59H,10-11,16-17,19-22,25-28,30H2,1-7H3,(H,46,51)(H,47,56)(H,48,52)/b9-8-,14-13-,18-12-,23-15-,31-29+/t33-,34-,36-,37?,41+/m0/s1. The Morgan fingerprint density at radius 3 is 2.34 bits per heavy atom. The van der Waals surface area contributed by atoms with Gasteiger partial charge in [-0.3, -0.25) is 28.9 Å².